The molecule has 0 spiro atoms. The molecule has 1 aliphatic heterocycles. The number of aromatic nitrogens is 2. The molecule has 0 bridgehead atoms. The van der Waals surface area contributed by atoms with Crippen molar-refractivity contribution in [1.29, 1.82) is 0 Å². The van der Waals surface area contributed by atoms with Crippen molar-refractivity contribution in [2.24, 2.45) is 0 Å². The molecule has 1 aliphatic rings. The minimum Gasteiger partial charge on any atom is -0.451 e. The lowest BCUT2D eigenvalue weighted by Crippen LogP contribution is -2.40. The predicted octanol–water partition coefficient (Wildman–Crippen LogP) is 4.38. The minimum absolute atomic E-state index is 0.0572. The van der Waals surface area contributed by atoms with E-state index in [-0.39, 0.29) is 29.3 Å². The fourth-order valence-corrected chi connectivity index (χ4v) is 3.94. The maximum Gasteiger partial charge on any atom is 0.407 e. The first-order valence-electron chi connectivity index (χ1n) is 11.8. The van der Waals surface area contributed by atoms with Gasteiger partial charge in [-0.15, -0.1) is 0 Å². The van der Waals surface area contributed by atoms with Gasteiger partial charge in [0.05, 0.1) is 17.8 Å². The summed E-state index contributed by atoms with van der Waals surface area (Å²) in [7, 11) is 0. The molecule has 190 valence electrons. The molecule has 1 N–H and O–H groups in total. The van der Waals surface area contributed by atoms with Crippen molar-refractivity contribution in [3.05, 3.63) is 42.1 Å². The number of halogens is 1. The topological polar surface area (TPSA) is 96.9 Å². The van der Waals surface area contributed by atoms with Crippen molar-refractivity contribution in [1.82, 2.24) is 20.2 Å². The number of hydrogen-bond donors (Lipinski definition) is 1. The summed E-state index contributed by atoms with van der Waals surface area (Å²) in [5.74, 6) is 0.221. The molecule has 1 aromatic carbocycles. The van der Waals surface area contributed by atoms with Gasteiger partial charge in [0, 0.05) is 25.7 Å². The van der Waals surface area contributed by atoms with Crippen molar-refractivity contribution < 1.29 is 23.5 Å². The van der Waals surface area contributed by atoms with Gasteiger partial charge in [-0.2, -0.15) is 0 Å². The van der Waals surface area contributed by atoms with Crippen LogP contribution in [0.3, 0.4) is 0 Å². The van der Waals surface area contributed by atoms with Gasteiger partial charge in [0.2, 0.25) is 0 Å². The number of ether oxygens (including phenoxy) is 2. The summed E-state index contributed by atoms with van der Waals surface area (Å²) in [6, 6.07) is 3.68. The quantitative estimate of drug-likeness (QED) is 0.619. The van der Waals surface area contributed by atoms with E-state index >= 15 is 0 Å². The minimum atomic E-state index is -0.580. The van der Waals surface area contributed by atoms with Gasteiger partial charge < -0.3 is 24.6 Å². The van der Waals surface area contributed by atoms with Gasteiger partial charge in [-0.25, -0.2) is 19.2 Å². The molecule has 1 fully saturated rings. The highest BCUT2D eigenvalue weighted by molar-refractivity contribution is 5.97. The molecule has 10 heteroatoms. The van der Waals surface area contributed by atoms with Gasteiger partial charge in [0.25, 0.3) is 5.91 Å². The Hall–Kier alpha value is -3.43. The van der Waals surface area contributed by atoms with E-state index in [4.69, 9.17) is 9.47 Å². The first-order chi connectivity index (χ1) is 16.5. The zero-order chi connectivity index (χ0) is 25.8. The lowest BCUT2D eigenvalue weighted by molar-refractivity contribution is 0.0508. The highest BCUT2D eigenvalue weighted by Gasteiger charge is 2.29. The number of hydrogen-bond acceptors (Lipinski definition) is 7. The number of nitrogens with one attached hydrogen (secondary N) is 1. The number of benzene rings is 1. The lowest BCUT2D eigenvalue weighted by atomic mass is 10.1. The predicted molar refractivity (Wildman–Crippen MR) is 130 cm³/mol. The van der Waals surface area contributed by atoms with Crippen molar-refractivity contribution >= 4 is 17.8 Å². The van der Waals surface area contributed by atoms with Crippen molar-refractivity contribution in [3.8, 4) is 11.5 Å². The van der Waals surface area contributed by atoms with Gasteiger partial charge in [0.1, 0.15) is 23.5 Å². The molecular formula is C25H34FN5O4. The molecule has 2 heterocycles. The SMILES string of the molecule is CCN(C(=O)c1cc(F)ccc1Oc1cncnc1N1CC[C@H](NC(=O)OC(C)(C)C)C1)C(C)C. The van der Waals surface area contributed by atoms with E-state index in [1.54, 1.807) is 4.90 Å². The van der Waals surface area contributed by atoms with Crippen LogP contribution in [0.15, 0.2) is 30.7 Å². The van der Waals surface area contributed by atoms with Gasteiger partial charge in [-0.3, -0.25) is 4.79 Å². The Labute approximate surface area is 205 Å². The van der Waals surface area contributed by atoms with Gasteiger partial charge in [-0.1, -0.05) is 0 Å². The van der Waals surface area contributed by atoms with Crippen LogP contribution in [0.25, 0.3) is 0 Å². The molecule has 0 radical (unpaired) electrons. The number of alkyl carbamates (subject to hydrolysis) is 1. The molecule has 1 atom stereocenters. The van der Waals surface area contributed by atoms with Crippen molar-refractivity contribution in [2.75, 3.05) is 24.5 Å². The van der Waals surface area contributed by atoms with Crippen LogP contribution in [0.2, 0.25) is 0 Å². The summed E-state index contributed by atoms with van der Waals surface area (Å²) >= 11 is 0. The van der Waals surface area contributed by atoms with E-state index in [2.05, 4.69) is 15.3 Å². The average molecular weight is 488 g/mol. The highest BCUT2D eigenvalue weighted by Crippen LogP contribution is 2.34. The van der Waals surface area contributed by atoms with E-state index in [1.165, 1.54) is 30.7 Å². The second kappa shape index (κ2) is 10.9. The van der Waals surface area contributed by atoms with Crippen LogP contribution < -0.4 is 15.0 Å². The lowest BCUT2D eigenvalue weighted by Gasteiger charge is -2.26. The Morgan fingerprint density at radius 1 is 1.29 bits per heavy atom. The standard InChI is InChI=1S/C25H34FN5O4/c1-7-31(16(2)3)23(32)19-12-17(26)8-9-20(19)34-21-13-27-15-28-22(21)30-11-10-18(14-30)29-24(33)35-25(4,5)6/h8-9,12-13,15-16,18H,7,10-11,14H2,1-6H3,(H,29,33)/t18-/m0/s1. The van der Waals surface area contributed by atoms with Crippen molar-refractivity contribution in [2.45, 2.75) is 65.6 Å². The Morgan fingerprint density at radius 3 is 2.69 bits per heavy atom. The number of nitrogens with zero attached hydrogens (tertiary/aromatic N) is 4. The number of amides is 2. The molecule has 9 nitrogen and oxygen atoms in total. The second-order valence-electron chi connectivity index (χ2n) is 9.72. The van der Waals surface area contributed by atoms with E-state index < -0.39 is 17.5 Å². The van der Waals surface area contributed by atoms with Gasteiger partial charge in [-0.05, 0) is 66.2 Å². The average Bonchev–Trinajstić information content (AvgIpc) is 3.22. The largest absolute Gasteiger partial charge is 0.451 e. The monoisotopic (exact) mass is 487 g/mol. The fraction of sp³-hybridized carbons (Fsp3) is 0.520. The summed E-state index contributed by atoms with van der Waals surface area (Å²) in [5.41, 5.74) is -0.454. The molecule has 35 heavy (non-hydrogen) atoms. The van der Waals surface area contributed by atoms with E-state index in [0.717, 1.165) is 0 Å². The number of anilines is 1. The Balaban J connectivity index is 1.80. The third-order valence-electron chi connectivity index (χ3n) is 5.48. The molecule has 0 saturated carbocycles. The fourth-order valence-electron chi connectivity index (χ4n) is 3.94. The Bertz CT molecular complexity index is 1060. The first kappa shape index (κ1) is 26.2. The number of carbonyl (C=O) groups is 2. The van der Waals surface area contributed by atoms with Crippen LogP contribution in [0, 0.1) is 5.82 Å². The zero-order valence-electron chi connectivity index (χ0n) is 21.2. The maximum atomic E-state index is 14.1. The Kier molecular flexibility index (Phi) is 8.14. The van der Waals surface area contributed by atoms with E-state index in [0.29, 0.717) is 37.6 Å². The second-order valence-corrected chi connectivity index (χ2v) is 9.72. The number of carbonyl (C=O) groups excluding carboxylic acids is 2. The summed E-state index contributed by atoms with van der Waals surface area (Å²) in [4.78, 5) is 37.4. The molecular weight excluding hydrogens is 453 g/mol. The molecule has 3 rings (SSSR count). The van der Waals surface area contributed by atoms with Crippen molar-refractivity contribution in [3.63, 3.8) is 0 Å². The van der Waals surface area contributed by atoms with Crippen LogP contribution >= 0.6 is 0 Å². The van der Waals surface area contributed by atoms with E-state index in [9.17, 15) is 14.0 Å². The summed E-state index contributed by atoms with van der Waals surface area (Å²) in [6.45, 7) is 12.7. The molecule has 0 aliphatic carbocycles. The van der Waals surface area contributed by atoms with Gasteiger partial charge >= 0.3 is 6.09 Å². The molecule has 1 saturated heterocycles. The van der Waals surface area contributed by atoms with Gasteiger partial charge in [0.15, 0.2) is 11.6 Å². The molecule has 2 aromatic rings. The third kappa shape index (κ3) is 6.80. The van der Waals surface area contributed by atoms with Crippen LogP contribution in [0.1, 0.15) is 58.3 Å². The van der Waals surface area contributed by atoms with Crippen LogP contribution in [0.5, 0.6) is 11.5 Å². The summed E-state index contributed by atoms with van der Waals surface area (Å²) < 4.78 is 25.5. The summed E-state index contributed by atoms with van der Waals surface area (Å²) in [5, 5.41) is 2.89. The maximum absolute atomic E-state index is 14.1. The smallest absolute Gasteiger partial charge is 0.407 e. The van der Waals surface area contributed by atoms with Crippen LogP contribution in [-0.4, -0.2) is 64.2 Å². The zero-order valence-corrected chi connectivity index (χ0v) is 21.2. The third-order valence-corrected chi connectivity index (χ3v) is 5.48. The first-order valence-corrected chi connectivity index (χ1v) is 11.8. The molecule has 1 aromatic heterocycles. The Morgan fingerprint density at radius 2 is 2.03 bits per heavy atom. The normalized spacial score (nSPS) is 15.8. The van der Waals surface area contributed by atoms with Crippen LogP contribution in [0.4, 0.5) is 15.0 Å². The van der Waals surface area contributed by atoms with E-state index in [1.807, 2.05) is 46.4 Å². The highest BCUT2D eigenvalue weighted by atomic mass is 19.1. The molecule has 2 amide bonds. The van der Waals surface area contributed by atoms with Crippen LogP contribution in [-0.2, 0) is 4.74 Å². The number of rotatable bonds is 7. The molecule has 0 unspecified atom stereocenters. The summed E-state index contributed by atoms with van der Waals surface area (Å²) in [6.07, 6.45) is 3.14.